The fourth-order valence-electron chi connectivity index (χ4n) is 2.23. The number of furan rings is 1. The Kier molecular flexibility index (Phi) is 4.98. The van der Waals surface area contributed by atoms with Crippen molar-refractivity contribution in [1.82, 2.24) is 0 Å². The number of nitrogens with zero attached hydrogens (tertiary/aromatic N) is 1. The van der Waals surface area contributed by atoms with Crippen molar-refractivity contribution >= 4 is 38.7 Å². The Balaban J connectivity index is 1.84. The third kappa shape index (κ3) is 3.83. The van der Waals surface area contributed by atoms with E-state index in [9.17, 15) is 23.3 Å². The van der Waals surface area contributed by atoms with Gasteiger partial charge in [-0.15, -0.1) is 0 Å². The van der Waals surface area contributed by atoms with Gasteiger partial charge in [-0.1, -0.05) is 29.8 Å². The van der Waals surface area contributed by atoms with Crippen molar-refractivity contribution in [1.29, 1.82) is 0 Å². The number of nitro benzene ring substituents is 1. The lowest BCUT2D eigenvalue weighted by atomic mass is 10.2. The van der Waals surface area contributed by atoms with Crippen LogP contribution in [0.5, 0.6) is 0 Å². The monoisotopic (exact) mass is 406 g/mol. The summed E-state index contributed by atoms with van der Waals surface area (Å²) in [6, 6.07) is 13.7. The summed E-state index contributed by atoms with van der Waals surface area (Å²) in [5.41, 5.74) is -0.263. The predicted molar refractivity (Wildman–Crippen MR) is 96.7 cm³/mol. The summed E-state index contributed by atoms with van der Waals surface area (Å²) in [5, 5.41) is 12.8. The second kappa shape index (κ2) is 7.22. The Bertz CT molecular complexity index is 1130. The molecule has 0 aliphatic rings. The molecule has 0 fully saturated rings. The molecule has 0 radical (unpaired) electrons. The molecular weight excluding hydrogens is 396 g/mol. The van der Waals surface area contributed by atoms with Gasteiger partial charge in [-0.25, -0.2) is 8.42 Å². The molecular formula is C17H11ClN2O6S. The van der Waals surface area contributed by atoms with Gasteiger partial charge in [0, 0.05) is 11.8 Å². The van der Waals surface area contributed by atoms with Crippen molar-refractivity contribution in [2.45, 2.75) is 9.99 Å². The van der Waals surface area contributed by atoms with E-state index in [1.165, 1.54) is 36.4 Å². The Morgan fingerprint density at radius 2 is 1.78 bits per heavy atom. The number of hydrogen-bond donors (Lipinski definition) is 1. The first-order valence-electron chi connectivity index (χ1n) is 7.44. The number of carbonyl (C=O) groups excluding carboxylic acids is 1. The molecule has 0 atom stereocenters. The summed E-state index contributed by atoms with van der Waals surface area (Å²) in [6.07, 6.45) is 0. The number of carbonyl (C=O) groups is 1. The molecule has 8 nitrogen and oxygen atoms in total. The van der Waals surface area contributed by atoms with Gasteiger partial charge in [0.05, 0.1) is 9.82 Å². The van der Waals surface area contributed by atoms with E-state index >= 15 is 0 Å². The molecule has 0 aliphatic heterocycles. The van der Waals surface area contributed by atoms with Crippen LogP contribution >= 0.6 is 11.6 Å². The third-order valence-corrected chi connectivity index (χ3v) is 5.49. The number of hydrogen-bond acceptors (Lipinski definition) is 6. The summed E-state index contributed by atoms with van der Waals surface area (Å²) in [5.74, 6) is -1.02. The van der Waals surface area contributed by atoms with Crippen LogP contribution < -0.4 is 5.32 Å². The predicted octanol–water partition coefficient (Wildman–Crippen LogP) is 3.93. The number of benzene rings is 2. The fraction of sp³-hybridized carbons (Fsp3) is 0. The number of anilines is 1. The Hall–Kier alpha value is -3.17. The van der Waals surface area contributed by atoms with Gasteiger partial charge in [0.25, 0.3) is 11.6 Å². The minimum atomic E-state index is -3.90. The first kappa shape index (κ1) is 18.6. The topological polar surface area (TPSA) is 120 Å². The average molecular weight is 407 g/mol. The molecule has 27 heavy (non-hydrogen) atoms. The highest BCUT2D eigenvalue weighted by Crippen LogP contribution is 2.28. The molecule has 138 valence electrons. The minimum absolute atomic E-state index is 0.0274. The molecule has 1 amide bonds. The second-order valence-corrected chi connectivity index (χ2v) is 7.60. The number of nitrogens with one attached hydrogen (secondary N) is 1. The quantitative estimate of drug-likeness (QED) is 0.506. The summed E-state index contributed by atoms with van der Waals surface area (Å²) < 4.78 is 30.1. The summed E-state index contributed by atoms with van der Waals surface area (Å²) in [7, 11) is -3.90. The summed E-state index contributed by atoms with van der Waals surface area (Å²) in [6.45, 7) is 0. The lowest BCUT2D eigenvalue weighted by Gasteiger charge is -2.04. The molecule has 10 heteroatoms. The van der Waals surface area contributed by atoms with Crippen LogP contribution in [0, 0.1) is 10.1 Å². The first-order chi connectivity index (χ1) is 12.8. The van der Waals surface area contributed by atoms with E-state index in [4.69, 9.17) is 16.0 Å². The van der Waals surface area contributed by atoms with E-state index in [2.05, 4.69) is 5.32 Å². The molecule has 3 aromatic rings. The molecule has 0 spiro atoms. The Labute approximate surface area is 158 Å². The van der Waals surface area contributed by atoms with Crippen LogP contribution in [0.2, 0.25) is 5.02 Å². The van der Waals surface area contributed by atoms with E-state index in [1.54, 1.807) is 18.2 Å². The van der Waals surface area contributed by atoms with Gasteiger partial charge in [-0.05, 0) is 36.4 Å². The minimum Gasteiger partial charge on any atom is -0.439 e. The van der Waals surface area contributed by atoms with Crippen molar-refractivity contribution < 1.29 is 22.6 Å². The maximum absolute atomic E-state index is 12.5. The molecule has 0 unspecified atom stereocenters. The highest BCUT2D eigenvalue weighted by Gasteiger charge is 2.23. The first-order valence-corrected chi connectivity index (χ1v) is 9.30. The Morgan fingerprint density at radius 1 is 1.07 bits per heavy atom. The molecule has 0 saturated heterocycles. The van der Waals surface area contributed by atoms with Crippen molar-refractivity contribution in [3.8, 4) is 0 Å². The average Bonchev–Trinajstić information content (AvgIpc) is 3.15. The molecule has 0 saturated carbocycles. The summed E-state index contributed by atoms with van der Waals surface area (Å²) >= 11 is 5.72. The molecule has 1 heterocycles. The molecule has 1 N–H and O–H groups in total. The number of rotatable bonds is 5. The number of sulfone groups is 1. The van der Waals surface area contributed by atoms with Crippen molar-refractivity contribution in [3.05, 3.63) is 81.6 Å². The van der Waals surface area contributed by atoms with Crippen LogP contribution in [0.3, 0.4) is 0 Å². The zero-order valence-corrected chi connectivity index (χ0v) is 15.0. The van der Waals surface area contributed by atoms with Crippen LogP contribution in [-0.2, 0) is 9.84 Å². The van der Waals surface area contributed by atoms with Crippen molar-refractivity contribution in [2.24, 2.45) is 0 Å². The van der Waals surface area contributed by atoms with E-state index in [-0.39, 0.29) is 32.1 Å². The maximum atomic E-state index is 12.5. The van der Waals surface area contributed by atoms with E-state index in [0.29, 0.717) is 0 Å². The van der Waals surface area contributed by atoms with Crippen molar-refractivity contribution in [2.75, 3.05) is 5.32 Å². The highest BCUT2D eigenvalue weighted by atomic mass is 35.5. The van der Waals surface area contributed by atoms with E-state index in [0.717, 1.165) is 6.07 Å². The zero-order chi connectivity index (χ0) is 19.6. The van der Waals surface area contributed by atoms with Gasteiger partial charge >= 0.3 is 0 Å². The molecule has 0 bridgehead atoms. The number of amides is 1. The normalized spacial score (nSPS) is 11.1. The number of nitro groups is 1. The van der Waals surface area contributed by atoms with Gasteiger partial charge in [-0.2, -0.15) is 0 Å². The van der Waals surface area contributed by atoms with Gasteiger partial charge < -0.3 is 9.73 Å². The lowest BCUT2D eigenvalue weighted by molar-refractivity contribution is -0.384. The van der Waals surface area contributed by atoms with Gasteiger partial charge in [0.15, 0.2) is 5.76 Å². The lowest BCUT2D eigenvalue weighted by Crippen LogP contribution is -2.11. The third-order valence-electron chi connectivity index (χ3n) is 3.52. The van der Waals surface area contributed by atoms with E-state index < -0.39 is 20.7 Å². The van der Waals surface area contributed by atoms with E-state index in [1.807, 2.05) is 0 Å². The fourth-order valence-corrected chi connectivity index (χ4v) is 3.61. The molecule has 2 aromatic carbocycles. The maximum Gasteiger partial charge on any atom is 0.291 e. The molecule has 0 aliphatic carbocycles. The van der Waals surface area contributed by atoms with Crippen LogP contribution in [0.25, 0.3) is 0 Å². The SMILES string of the molecule is O=C(Nc1ccc(Cl)c([N+](=O)[O-])c1)c1ccc(S(=O)(=O)c2ccccc2)o1. The standard InChI is InChI=1S/C17H11ClN2O6S/c18-13-7-6-11(10-14(13)20(22)23)19-17(21)15-8-9-16(26-15)27(24,25)12-4-2-1-3-5-12/h1-10H,(H,19,21). The van der Waals surface area contributed by atoms with Crippen molar-refractivity contribution in [3.63, 3.8) is 0 Å². The van der Waals surface area contributed by atoms with Crippen LogP contribution in [-0.4, -0.2) is 19.2 Å². The zero-order valence-electron chi connectivity index (χ0n) is 13.5. The van der Waals surface area contributed by atoms with Crippen LogP contribution in [0.4, 0.5) is 11.4 Å². The van der Waals surface area contributed by atoms with Gasteiger partial charge in [0.1, 0.15) is 5.02 Å². The molecule has 3 rings (SSSR count). The van der Waals surface area contributed by atoms with Crippen LogP contribution in [0.15, 0.2) is 75.1 Å². The summed E-state index contributed by atoms with van der Waals surface area (Å²) in [4.78, 5) is 22.5. The largest absolute Gasteiger partial charge is 0.439 e. The number of halogens is 1. The molecule has 1 aromatic heterocycles. The second-order valence-electron chi connectivity index (χ2n) is 5.31. The van der Waals surface area contributed by atoms with Gasteiger partial charge in [0.2, 0.25) is 14.9 Å². The van der Waals surface area contributed by atoms with Crippen LogP contribution in [0.1, 0.15) is 10.6 Å². The highest BCUT2D eigenvalue weighted by molar-refractivity contribution is 7.91. The smallest absolute Gasteiger partial charge is 0.291 e. The Morgan fingerprint density at radius 3 is 2.44 bits per heavy atom. The van der Waals surface area contributed by atoms with Gasteiger partial charge in [-0.3, -0.25) is 14.9 Å².